The molecule has 1 N–H and O–H groups in total. The number of hydrogen-bond acceptors (Lipinski definition) is 3. The summed E-state index contributed by atoms with van der Waals surface area (Å²) in [6.45, 7) is 8.37. The molecule has 1 unspecified atom stereocenters. The maximum Gasteiger partial charge on any atom is 0.248 e. The molecule has 0 aliphatic carbocycles. The predicted octanol–water partition coefficient (Wildman–Crippen LogP) is 1.96. The zero-order chi connectivity index (χ0) is 15.7. The van der Waals surface area contributed by atoms with Gasteiger partial charge in [-0.25, -0.2) is 0 Å². The molecule has 0 spiro atoms. The average molecular weight is 298 g/mol. The Morgan fingerprint density at radius 3 is 2.48 bits per heavy atom. The van der Waals surface area contributed by atoms with Crippen LogP contribution in [0.15, 0.2) is 0 Å². The molecule has 1 saturated heterocycles. The Bertz CT molecular complexity index is 325. The van der Waals surface area contributed by atoms with Gasteiger partial charge in [-0.15, -0.1) is 0 Å². The molecule has 1 aliphatic heterocycles. The monoisotopic (exact) mass is 298 g/mol. The molecule has 0 aromatic rings. The molecule has 5 heteroatoms. The van der Waals surface area contributed by atoms with Gasteiger partial charge in [-0.05, 0) is 32.6 Å². The van der Waals surface area contributed by atoms with Crippen molar-refractivity contribution < 1.29 is 14.3 Å². The van der Waals surface area contributed by atoms with E-state index < -0.39 is 0 Å². The van der Waals surface area contributed by atoms with Crippen molar-refractivity contribution in [3.63, 3.8) is 0 Å². The highest BCUT2D eigenvalue weighted by Gasteiger charge is 2.27. The van der Waals surface area contributed by atoms with Gasteiger partial charge in [0.2, 0.25) is 11.8 Å². The Hall–Kier alpha value is -1.10. The van der Waals surface area contributed by atoms with Gasteiger partial charge in [-0.3, -0.25) is 9.59 Å². The molecule has 2 amide bonds. The van der Waals surface area contributed by atoms with Crippen molar-refractivity contribution in [1.29, 1.82) is 0 Å². The van der Waals surface area contributed by atoms with Crippen LogP contribution in [0.4, 0.5) is 0 Å². The SMILES string of the molecule is CCCNC(=O)C1CCN(C(=O)COC(C)CCC)CC1. The maximum absolute atomic E-state index is 12.1. The standard InChI is InChI=1S/C16H30N2O3/c1-4-6-13(3)21-12-15(19)18-10-7-14(8-11-18)16(20)17-9-5-2/h13-14H,4-12H2,1-3H3,(H,17,20). The number of ether oxygens (including phenoxy) is 1. The van der Waals surface area contributed by atoms with Crippen LogP contribution in [0, 0.1) is 5.92 Å². The molecule has 1 heterocycles. The van der Waals surface area contributed by atoms with E-state index in [1.165, 1.54) is 0 Å². The number of nitrogens with zero attached hydrogens (tertiary/aromatic N) is 1. The Morgan fingerprint density at radius 2 is 1.90 bits per heavy atom. The molecule has 21 heavy (non-hydrogen) atoms. The van der Waals surface area contributed by atoms with Crippen LogP contribution in [0.1, 0.15) is 52.9 Å². The van der Waals surface area contributed by atoms with Gasteiger partial charge in [0.25, 0.3) is 0 Å². The topological polar surface area (TPSA) is 58.6 Å². The first-order chi connectivity index (χ1) is 10.1. The normalized spacial score (nSPS) is 17.6. The number of likely N-dealkylation sites (tertiary alicyclic amines) is 1. The number of rotatable bonds is 8. The van der Waals surface area contributed by atoms with Crippen LogP contribution in [-0.2, 0) is 14.3 Å². The summed E-state index contributed by atoms with van der Waals surface area (Å²) in [5, 5.41) is 2.93. The molecular formula is C16H30N2O3. The summed E-state index contributed by atoms with van der Waals surface area (Å²) in [6, 6.07) is 0. The summed E-state index contributed by atoms with van der Waals surface area (Å²) >= 11 is 0. The van der Waals surface area contributed by atoms with E-state index in [9.17, 15) is 9.59 Å². The third kappa shape index (κ3) is 6.46. The first kappa shape index (κ1) is 18.0. The minimum Gasteiger partial charge on any atom is -0.369 e. The second kappa shape index (κ2) is 9.77. The fraction of sp³-hybridized carbons (Fsp3) is 0.875. The average Bonchev–Trinajstić information content (AvgIpc) is 2.50. The smallest absolute Gasteiger partial charge is 0.248 e. The maximum atomic E-state index is 12.1. The number of nitrogens with one attached hydrogen (secondary N) is 1. The van der Waals surface area contributed by atoms with E-state index in [2.05, 4.69) is 12.2 Å². The third-order valence-corrected chi connectivity index (χ3v) is 3.95. The molecule has 0 aromatic carbocycles. The number of amides is 2. The van der Waals surface area contributed by atoms with E-state index in [1.807, 2.05) is 18.7 Å². The lowest BCUT2D eigenvalue weighted by atomic mass is 9.96. The van der Waals surface area contributed by atoms with Crippen molar-refractivity contribution in [2.75, 3.05) is 26.2 Å². The van der Waals surface area contributed by atoms with E-state index in [4.69, 9.17) is 4.74 Å². The fourth-order valence-electron chi connectivity index (χ4n) is 2.58. The van der Waals surface area contributed by atoms with Crippen LogP contribution in [0.2, 0.25) is 0 Å². The number of carbonyl (C=O) groups is 2. The Balaban J connectivity index is 2.25. The van der Waals surface area contributed by atoms with Crippen molar-refractivity contribution in [2.24, 2.45) is 5.92 Å². The van der Waals surface area contributed by atoms with Gasteiger partial charge in [0.15, 0.2) is 0 Å². The van der Waals surface area contributed by atoms with Crippen LogP contribution in [0.3, 0.4) is 0 Å². The lowest BCUT2D eigenvalue weighted by molar-refractivity contribution is -0.141. The number of hydrogen-bond donors (Lipinski definition) is 1. The van der Waals surface area contributed by atoms with E-state index >= 15 is 0 Å². The lowest BCUT2D eigenvalue weighted by Gasteiger charge is -2.31. The van der Waals surface area contributed by atoms with Crippen molar-refractivity contribution in [2.45, 2.75) is 59.0 Å². The molecule has 122 valence electrons. The van der Waals surface area contributed by atoms with Crippen molar-refractivity contribution in [3.8, 4) is 0 Å². The van der Waals surface area contributed by atoms with Crippen LogP contribution in [-0.4, -0.2) is 49.1 Å². The molecule has 5 nitrogen and oxygen atoms in total. The van der Waals surface area contributed by atoms with Gasteiger partial charge in [0, 0.05) is 25.6 Å². The first-order valence-corrected chi connectivity index (χ1v) is 8.25. The fourth-order valence-corrected chi connectivity index (χ4v) is 2.58. The molecule has 0 bridgehead atoms. The molecule has 1 aliphatic rings. The van der Waals surface area contributed by atoms with Gasteiger partial charge in [0.05, 0.1) is 6.10 Å². The molecule has 1 atom stereocenters. The highest BCUT2D eigenvalue weighted by molar-refractivity contribution is 5.80. The molecule has 0 saturated carbocycles. The zero-order valence-corrected chi connectivity index (χ0v) is 13.7. The second-order valence-electron chi connectivity index (χ2n) is 5.86. The van der Waals surface area contributed by atoms with E-state index in [0.29, 0.717) is 13.1 Å². The third-order valence-electron chi connectivity index (χ3n) is 3.95. The van der Waals surface area contributed by atoms with Crippen molar-refractivity contribution in [1.82, 2.24) is 10.2 Å². The Morgan fingerprint density at radius 1 is 1.24 bits per heavy atom. The molecule has 1 fully saturated rings. The van der Waals surface area contributed by atoms with Gasteiger partial charge < -0.3 is 15.0 Å². The summed E-state index contributed by atoms with van der Waals surface area (Å²) in [4.78, 5) is 25.8. The van der Waals surface area contributed by atoms with Gasteiger partial charge in [-0.1, -0.05) is 20.3 Å². The van der Waals surface area contributed by atoms with Gasteiger partial charge in [-0.2, -0.15) is 0 Å². The predicted molar refractivity (Wildman–Crippen MR) is 82.9 cm³/mol. The van der Waals surface area contributed by atoms with Gasteiger partial charge in [0.1, 0.15) is 6.61 Å². The molecule has 1 rings (SSSR count). The summed E-state index contributed by atoms with van der Waals surface area (Å²) in [5.74, 6) is 0.239. The van der Waals surface area contributed by atoms with E-state index in [1.54, 1.807) is 0 Å². The summed E-state index contributed by atoms with van der Waals surface area (Å²) in [7, 11) is 0. The quantitative estimate of drug-likeness (QED) is 0.745. The second-order valence-corrected chi connectivity index (χ2v) is 5.86. The Kier molecular flexibility index (Phi) is 8.35. The molecule has 0 aromatic heterocycles. The first-order valence-electron chi connectivity index (χ1n) is 8.25. The minimum absolute atomic E-state index is 0.0466. The van der Waals surface area contributed by atoms with Crippen LogP contribution >= 0.6 is 0 Å². The highest BCUT2D eigenvalue weighted by atomic mass is 16.5. The Labute approximate surface area is 128 Å². The summed E-state index contributed by atoms with van der Waals surface area (Å²) in [5.41, 5.74) is 0. The van der Waals surface area contributed by atoms with Crippen LogP contribution in [0.5, 0.6) is 0 Å². The van der Waals surface area contributed by atoms with E-state index in [0.717, 1.165) is 38.6 Å². The number of piperidine rings is 1. The van der Waals surface area contributed by atoms with Crippen molar-refractivity contribution in [3.05, 3.63) is 0 Å². The van der Waals surface area contributed by atoms with Crippen LogP contribution in [0.25, 0.3) is 0 Å². The molecular weight excluding hydrogens is 268 g/mol. The summed E-state index contributed by atoms with van der Waals surface area (Å²) in [6.07, 6.45) is 4.64. The minimum atomic E-state index is 0.0466. The summed E-state index contributed by atoms with van der Waals surface area (Å²) < 4.78 is 5.55. The van der Waals surface area contributed by atoms with E-state index in [-0.39, 0.29) is 30.4 Å². The number of carbonyl (C=O) groups excluding carboxylic acids is 2. The highest BCUT2D eigenvalue weighted by Crippen LogP contribution is 2.17. The van der Waals surface area contributed by atoms with Crippen molar-refractivity contribution >= 4 is 11.8 Å². The molecule has 0 radical (unpaired) electrons. The largest absolute Gasteiger partial charge is 0.369 e. The lowest BCUT2D eigenvalue weighted by Crippen LogP contribution is -2.44. The zero-order valence-electron chi connectivity index (χ0n) is 13.7. The van der Waals surface area contributed by atoms with Gasteiger partial charge >= 0.3 is 0 Å². The van der Waals surface area contributed by atoms with Crippen LogP contribution < -0.4 is 5.32 Å².